The second kappa shape index (κ2) is 8.85. The number of imidazole rings is 1. The fourth-order valence-electron chi connectivity index (χ4n) is 4.65. The maximum absolute atomic E-state index is 12.3. The number of carbonyl (C=O) groups excluding carboxylic acids is 2. The molecule has 0 bridgehead atoms. The van der Waals surface area contributed by atoms with Crippen molar-refractivity contribution in [1.82, 2.24) is 30.5 Å². The number of urea groups is 1. The first kappa shape index (κ1) is 20.9. The molecule has 3 atom stereocenters. The lowest BCUT2D eigenvalue weighted by Crippen LogP contribution is -2.36. The van der Waals surface area contributed by atoms with Crippen LogP contribution in [0.4, 0.5) is 10.6 Å². The number of nitrogen functional groups attached to an aromatic ring is 1. The summed E-state index contributed by atoms with van der Waals surface area (Å²) in [7, 11) is 0. The molecule has 0 radical (unpaired) electrons. The highest BCUT2D eigenvalue weighted by Gasteiger charge is 2.42. The summed E-state index contributed by atoms with van der Waals surface area (Å²) in [4.78, 5) is 32.6. The van der Waals surface area contributed by atoms with Gasteiger partial charge in [0.15, 0.2) is 5.82 Å². The number of rotatable bonds is 8. The summed E-state index contributed by atoms with van der Waals surface area (Å²) in [6.45, 7) is 1.14. The van der Waals surface area contributed by atoms with Gasteiger partial charge < -0.3 is 26.3 Å². The minimum atomic E-state index is -0.0534. The Kier molecular flexibility index (Phi) is 5.77. The largest absolute Gasteiger partial charge is 0.382 e. The van der Waals surface area contributed by atoms with Gasteiger partial charge >= 0.3 is 6.03 Å². The van der Waals surface area contributed by atoms with Gasteiger partial charge in [0.1, 0.15) is 5.52 Å². The molecule has 0 saturated carbocycles. The standard InChI is InChI=1S/C22H27N7O2S/c23-21-19-20(13-5-1-2-6-14(13)26-21)29(12-25-19)10-9-24-17(30)8-4-3-7-16-18-15(11-32-16)27-22(31)28-18/h1-2,5-6,12,15-16,18H,3-4,7-11H2,(H2,23,26)(H,24,30)(H2,27,28,31). The Labute approximate surface area is 189 Å². The van der Waals surface area contributed by atoms with Crippen LogP contribution in [0.3, 0.4) is 0 Å². The van der Waals surface area contributed by atoms with Crippen molar-refractivity contribution in [2.45, 2.75) is 49.6 Å². The van der Waals surface area contributed by atoms with Crippen LogP contribution in [0.2, 0.25) is 0 Å². The fourth-order valence-corrected chi connectivity index (χ4v) is 6.20. The molecule has 2 saturated heterocycles. The van der Waals surface area contributed by atoms with E-state index in [-0.39, 0.29) is 24.0 Å². The van der Waals surface area contributed by atoms with Gasteiger partial charge in [-0.2, -0.15) is 11.8 Å². The molecule has 3 unspecified atom stereocenters. The second-order valence-corrected chi connectivity index (χ2v) is 9.64. The number of nitrogens with two attached hydrogens (primary N) is 1. The predicted molar refractivity (Wildman–Crippen MR) is 126 cm³/mol. The number of thioether (sulfide) groups is 1. The zero-order chi connectivity index (χ0) is 22.1. The van der Waals surface area contributed by atoms with Gasteiger partial charge in [-0.1, -0.05) is 24.6 Å². The van der Waals surface area contributed by atoms with E-state index in [9.17, 15) is 9.59 Å². The van der Waals surface area contributed by atoms with E-state index in [0.29, 0.717) is 36.1 Å². The van der Waals surface area contributed by atoms with E-state index >= 15 is 0 Å². The SMILES string of the molecule is Nc1nc2ccccc2c2c1ncn2CCNC(=O)CCCCC1SCC2NC(=O)NC21. The van der Waals surface area contributed by atoms with E-state index in [0.717, 1.165) is 41.4 Å². The Morgan fingerprint density at radius 1 is 1.28 bits per heavy atom. The number of nitrogens with zero attached hydrogens (tertiary/aromatic N) is 3. The van der Waals surface area contributed by atoms with Crippen molar-refractivity contribution in [3.05, 3.63) is 30.6 Å². The maximum atomic E-state index is 12.3. The predicted octanol–water partition coefficient (Wildman–Crippen LogP) is 2.01. The van der Waals surface area contributed by atoms with Crippen LogP contribution >= 0.6 is 11.8 Å². The zero-order valence-electron chi connectivity index (χ0n) is 17.7. The number of amides is 3. The topological polar surface area (TPSA) is 127 Å². The van der Waals surface area contributed by atoms with Crippen LogP contribution in [0, 0.1) is 0 Å². The number of fused-ring (bicyclic) bond motifs is 4. The van der Waals surface area contributed by atoms with Crippen LogP contribution in [0.5, 0.6) is 0 Å². The van der Waals surface area contributed by atoms with Gasteiger partial charge in [-0.05, 0) is 18.9 Å². The molecule has 10 heteroatoms. The van der Waals surface area contributed by atoms with Crippen LogP contribution in [0.25, 0.3) is 21.9 Å². The van der Waals surface area contributed by atoms with E-state index < -0.39 is 0 Å². The van der Waals surface area contributed by atoms with E-state index in [4.69, 9.17) is 5.73 Å². The monoisotopic (exact) mass is 453 g/mol. The van der Waals surface area contributed by atoms with E-state index in [1.807, 2.05) is 40.6 Å². The third kappa shape index (κ3) is 4.06. The summed E-state index contributed by atoms with van der Waals surface area (Å²) in [5.41, 5.74) is 8.55. The van der Waals surface area contributed by atoms with Crippen LogP contribution < -0.4 is 21.7 Å². The Bertz CT molecular complexity index is 1160. The van der Waals surface area contributed by atoms with Crippen LogP contribution in [0.15, 0.2) is 30.6 Å². The van der Waals surface area contributed by atoms with Crippen molar-refractivity contribution in [2.75, 3.05) is 18.0 Å². The van der Waals surface area contributed by atoms with Crippen molar-refractivity contribution >= 4 is 51.5 Å². The summed E-state index contributed by atoms with van der Waals surface area (Å²) < 4.78 is 2.02. The zero-order valence-corrected chi connectivity index (χ0v) is 18.5. The Morgan fingerprint density at radius 2 is 2.16 bits per heavy atom. The molecule has 2 aromatic heterocycles. The van der Waals surface area contributed by atoms with Crippen molar-refractivity contribution in [3.63, 3.8) is 0 Å². The molecular formula is C22H27N7O2S. The Morgan fingerprint density at radius 3 is 3.06 bits per heavy atom. The number of para-hydroxylation sites is 1. The van der Waals surface area contributed by atoms with Gasteiger partial charge in [-0.3, -0.25) is 4.79 Å². The summed E-state index contributed by atoms with van der Waals surface area (Å²) in [5, 5.41) is 10.4. The number of pyridine rings is 1. The molecule has 3 amide bonds. The van der Waals surface area contributed by atoms with Gasteiger partial charge in [-0.15, -0.1) is 0 Å². The fraction of sp³-hybridized carbons (Fsp3) is 0.455. The molecule has 3 aromatic rings. The first-order valence-electron chi connectivity index (χ1n) is 11.0. The highest BCUT2D eigenvalue weighted by molar-refractivity contribution is 8.00. The van der Waals surface area contributed by atoms with Gasteiger partial charge in [0, 0.05) is 35.9 Å². The molecule has 32 heavy (non-hydrogen) atoms. The second-order valence-electron chi connectivity index (χ2n) is 8.37. The molecule has 5 rings (SSSR count). The molecule has 2 aliphatic heterocycles. The normalized spacial score (nSPS) is 22.1. The number of hydrogen-bond donors (Lipinski definition) is 4. The molecule has 4 heterocycles. The number of anilines is 1. The molecular weight excluding hydrogens is 426 g/mol. The maximum Gasteiger partial charge on any atom is 0.315 e. The van der Waals surface area contributed by atoms with Gasteiger partial charge in [0.2, 0.25) is 5.91 Å². The number of carbonyl (C=O) groups is 2. The Hall–Kier alpha value is -3.01. The third-order valence-electron chi connectivity index (χ3n) is 6.24. The molecule has 0 aliphatic carbocycles. The van der Waals surface area contributed by atoms with Gasteiger partial charge in [-0.25, -0.2) is 14.8 Å². The number of benzene rings is 1. The van der Waals surface area contributed by atoms with Crippen molar-refractivity contribution in [2.24, 2.45) is 0 Å². The minimum Gasteiger partial charge on any atom is -0.382 e. The average Bonchev–Trinajstić information content (AvgIpc) is 3.46. The molecule has 9 nitrogen and oxygen atoms in total. The summed E-state index contributed by atoms with van der Waals surface area (Å²) in [6, 6.07) is 8.29. The van der Waals surface area contributed by atoms with E-state index in [1.54, 1.807) is 6.33 Å². The molecule has 0 spiro atoms. The minimum absolute atomic E-state index is 0.0534. The number of nitrogens with one attached hydrogen (secondary N) is 3. The number of hydrogen-bond acceptors (Lipinski definition) is 6. The lowest BCUT2D eigenvalue weighted by molar-refractivity contribution is -0.121. The Balaban J connectivity index is 1.09. The summed E-state index contributed by atoms with van der Waals surface area (Å²) in [5.74, 6) is 1.45. The summed E-state index contributed by atoms with van der Waals surface area (Å²) in [6.07, 6.45) is 5.12. The van der Waals surface area contributed by atoms with Crippen LogP contribution in [-0.4, -0.2) is 56.1 Å². The van der Waals surface area contributed by atoms with Gasteiger partial charge in [0.05, 0.1) is 29.4 Å². The first-order chi connectivity index (χ1) is 15.6. The van der Waals surface area contributed by atoms with Crippen LogP contribution in [0.1, 0.15) is 25.7 Å². The smallest absolute Gasteiger partial charge is 0.315 e. The van der Waals surface area contributed by atoms with E-state index in [1.165, 1.54) is 0 Å². The molecule has 2 fully saturated rings. The quantitative estimate of drug-likeness (QED) is 0.305. The average molecular weight is 454 g/mol. The number of unbranched alkanes of at least 4 members (excludes halogenated alkanes) is 1. The number of aromatic nitrogens is 3. The molecule has 5 N–H and O–H groups in total. The highest BCUT2D eigenvalue weighted by atomic mass is 32.2. The van der Waals surface area contributed by atoms with Gasteiger partial charge in [0.25, 0.3) is 0 Å². The molecule has 2 aliphatic rings. The third-order valence-corrected chi connectivity index (χ3v) is 7.74. The molecule has 168 valence electrons. The summed E-state index contributed by atoms with van der Waals surface area (Å²) >= 11 is 1.91. The lowest BCUT2D eigenvalue weighted by atomic mass is 10.0. The van der Waals surface area contributed by atoms with Crippen molar-refractivity contribution < 1.29 is 9.59 Å². The highest BCUT2D eigenvalue weighted by Crippen LogP contribution is 2.33. The van der Waals surface area contributed by atoms with Crippen molar-refractivity contribution in [1.29, 1.82) is 0 Å². The molecule has 1 aromatic carbocycles. The first-order valence-corrected chi connectivity index (χ1v) is 12.1. The lowest BCUT2D eigenvalue weighted by Gasteiger charge is -2.16. The van der Waals surface area contributed by atoms with Crippen LogP contribution in [-0.2, 0) is 11.3 Å². The van der Waals surface area contributed by atoms with E-state index in [2.05, 4.69) is 25.9 Å². The van der Waals surface area contributed by atoms with Crippen molar-refractivity contribution in [3.8, 4) is 0 Å².